The number of hydrogen-bond donors (Lipinski definition) is 0. The number of benzene rings is 1. The summed E-state index contributed by atoms with van der Waals surface area (Å²) in [6, 6.07) is 8.08. The molecule has 0 bridgehead atoms. The fourth-order valence-corrected chi connectivity index (χ4v) is 2.92. The summed E-state index contributed by atoms with van der Waals surface area (Å²) in [6.07, 6.45) is 1.93. The largest absolute Gasteiger partial charge is 0.217 e. The van der Waals surface area contributed by atoms with Crippen molar-refractivity contribution in [2.45, 2.75) is 0 Å². The first-order valence-corrected chi connectivity index (χ1v) is 6.90. The minimum Gasteiger partial charge on any atom is -0.217 e. The molecule has 2 heterocycles. The Bertz CT molecular complexity index is 610. The van der Waals surface area contributed by atoms with Gasteiger partial charge in [0.05, 0.1) is 11.9 Å². The van der Waals surface area contributed by atoms with Gasteiger partial charge in [0.15, 0.2) is 3.92 Å². The molecule has 0 amide bonds. The highest BCUT2D eigenvalue weighted by Gasteiger charge is 2.07. The maximum atomic E-state index is 4.51. The van der Waals surface area contributed by atoms with Gasteiger partial charge in [0.1, 0.15) is 0 Å². The van der Waals surface area contributed by atoms with Crippen LogP contribution in [0.4, 0.5) is 0 Å². The third-order valence-corrected chi connectivity index (χ3v) is 4.04. The lowest BCUT2D eigenvalue weighted by Gasteiger charge is -1.95. The summed E-state index contributed by atoms with van der Waals surface area (Å²) in [4.78, 5) is 5.40. The van der Waals surface area contributed by atoms with Crippen molar-refractivity contribution in [2.24, 2.45) is 0 Å². The molecule has 1 aromatic carbocycles. The fourth-order valence-electron chi connectivity index (χ4n) is 1.44. The van der Waals surface area contributed by atoms with Gasteiger partial charge >= 0.3 is 0 Å². The number of fused-ring (bicyclic) bond motifs is 1. The summed E-state index contributed by atoms with van der Waals surface area (Å²) in [5.74, 6) is 0. The molecule has 2 aromatic heterocycles. The second kappa shape index (κ2) is 3.94. The first-order valence-electron chi connectivity index (χ1n) is 4.50. The van der Waals surface area contributed by atoms with Crippen LogP contribution in [0.3, 0.4) is 0 Å². The van der Waals surface area contributed by atoms with Gasteiger partial charge in [-0.2, -0.15) is 0 Å². The molecule has 0 atom stereocenters. The maximum absolute atomic E-state index is 4.51. The third kappa shape index (κ3) is 1.81. The molecule has 0 spiro atoms. The van der Waals surface area contributed by atoms with Crippen molar-refractivity contribution in [2.75, 3.05) is 0 Å². The second-order valence-corrected chi connectivity index (χ2v) is 6.36. The molecule has 3 nitrogen and oxygen atoms in total. The summed E-state index contributed by atoms with van der Waals surface area (Å²) in [5, 5.41) is 4.26. The zero-order chi connectivity index (χ0) is 11.1. The number of rotatable bonds is 1. The third-order valence-electron chi connectivity index (χ3n) is 2.16. The number of halogens is 2. The molecule has 0 unspecified atom stereocenters. The zero-order valence-corrected chi connectivity index (χ0v) is 11.9. The quantitative estimate of drug-likeness (QED) is 0.658. The Kier molecular flexibility index (Phi) is 2.57. The van der Waals surface area contributed by atoms with Crippen molar-refractivity contribution in [3.05, 3.63) is 38.9 Å². The van der Waals surface area contributed by atoms with Crippen LogP contribution in [-0.4, -0.2) is 14.6 Å². The SMILES string of the molecule is Brc1ccc(-c2cn3nc(Br)sc3n2)cc1. The van der Waals surface area contributed by atoms with Gasteiger partial charge in [-0.1, -0.05) is 39.4 Å². The molecular formula is C10H5Br2N3S. The van der Waals surface area contributed by atoms with Gasteiger partial charge in [-0.05, 0) is 28.1 Å². The van der Waals surface area contributed by atoms with E-state index < -0.39 is 0 Å². The molecule has 6 heteroatoms. The summed E-state index contributed by atoms with van der Waals surface area (Å²) < 4.78 is 3.70. The molecular weight excluding hydrogens is 354 g/mol. The number of imidazole rings is 1. The van der Waals surface area contributed by atoms with E-state index in [1.54, 1.807) is 4.52 Å². The molecule has 0 saturated heterocycles. The van der Waals surface area contributed by atoms with E-state index in [1.807, 2.05) is 30.5 Å². The molecule has 0 aliphatic carbocycles. The van der Waals surface area contributed by atoms with Gasteiger partial charge in [0.25, 0.3) is 0 Å². The summed E-state index contributed by atoms with van der Waals surface area (Å²) in [6.45, 7) is 0. The van der Waals surface area contributed by atoms with Crippen molar-refractivity contribution in [1.29, 1.82) is 0 Å². The Labute approximate surface area is 112 Å². The Balaban J connectivity index is 2.11. The Morgan fingerprint density at radius 1 is 1.12 bits per heavy atom. The van der Waals surface area contributed by atoms with Crippen LogP contribution in [0.1, 0.15) is 0 Å². The van der Waals surface area contributed by atoms with Gasteiger partial charge in [0.2, 0.25) is 4.96 Å². The van der Waals surface area contributed by atoms with Crippen LogP contribution in [0.5, 0.6) is 0 Å². The number of hydrogen-bond acceptors (Lipinski definition) is 3. The lowest BCUT2D eigenvalue weighted by Crippen LogP contribution is -1.78. The van der Waals surface area contributed by atoms with E-state index >= 15 is 0 Å². The Hall–Kier alpha value is -0.720. The molecule has 80 valence electrons. The second-order valence-electron chi connectivity index (χ2n) is 3.22. The molecule has 16 heavy (non-hydrogen) atoms. The molecule has 0 radical (unpaired) electrons. The lowest BCUT2D eigenvalue weighted by atomic mass is 10.2. The summed E-state index contributed by atoms with van der Waals surface area (Å²) >= 11 is 8.27. The van der Waals surface area contributed by atoms with E-state index in [0.29, 0.717) is 0 Å². The summed E-state index contributed by atoms with van der Waals surface area (Å²) in [7, 11) is 0. The summed E-state index contributed by atoms with van der Waals surface area (Å²) in [5.41, 5.74) is 2.04. The maximum Gasteiger partial charge on any atom is 0.213 e. The minimum atomic E-state index is 0.845. The van der Waals surface area contributed by atoms with E-state index in [4.69, 9.17) is 0 Å². The average molecular weight is 359 g/mol. The molecule has 3 aromatic rings. The highest BCUT2D eigenvalue weighted by Crippen LogP contribution is 2.25. The zero-order valence-electron chi connectivity index (χ0n) is 7.89. The van der Waals surface area contributed by atoms with Crippen LogP contribution in [0.15, 0.2) is 38.9 Å². The van der Waals surface area contributed by atoms with Crippen molar-refractivity contribution in [3.63, 3.8) is 0 Å². The highest BCUT2D eigenvalue weighted by molar-refractivity contribution is 9.11. The van der Waals surface area contributed by atoms with Crippen molar-refractivity contribution < 1.29 is 0 Å². The standard InChI is InChI=1S/C10H5Br2N3S/c11-7-3-1-6(2-4-7)8-5-15-10(13-8)16-9(12)14-15/h1-5H. The predicted octanol–water partition coefficient (Wildman–Crippen LogP) is 3.98. The highest BCUT2D eigenvalue weighted by atomic mass is 79.9. The predicted molar refractivity (Wildman–Crippen MR) is 71.7 cm³/mol. The first kappa shape index (κ1) is 10.4. The van der Waals surface area contributed by atoms with Gasteiger partial charge < -0.3 is 0 Å². The normalized spacial score (nSPS) is 11.1. The van der Waals surface area contributed by atoms with Crippen LogP contribution in [0.2, 0.25) is 0 Å². The van der Waals surface area contributed by atoms with Gasteiger partial charge in [-0.15, -0.1) is 5.10 Å². The number of aromatic nitrogens is 3. The Morgan fingerprint density at radius 3 is 2.56 bits per heavy atom. The molecule has 0 aliphatic heterocycles. The van der Waals surface area contributed by atoms with Crippen LogP contribution >= 0.6 is 43.2 Å². The van der Waals surface area contributed by atoms with Gasteiger partial charge in [-0.3, -0.25) is 0 Å². The fraction of sp³-hybridized carbons (Fsp3) is 0. The van der Waals surface area contributed by atoms with Crippen LogP contribution in [0.25, 0.3) is 16.2 Å². The molecule has 0 fully saturated rings. The van der Waals surface area contributed by atoms with E-state index in [-0.39, 0.29) is 0 Å². The van der Waals surface area contributed by atoms with Crippen LogP contribution < -0.4 is 0 Å². The van der Waals surface area contributed by atoms with Crippen molar-refractivity contribution in [3.8, 4) is 11.3 Å². The number of nitrogens with zero attached hydrogens (tertiary/aromatic N) is 3. The van der Waals surface area contributed by atoms with Crippen LogP contribution in [-0.2, 0) is 0 Å². The van der Waals surface area contributed by atoms with Crippen molar-refractivity contribution in [1.82, 2.24) is 14.6 Å². The smallest absolute Gasteiger partial charge is 0.213 e. The van der Waals surface area contributed by atoms with Crippen molar-refractivity contribution >= 4 is 48.2 Å². The van der Waals surface area contributed by atoms with E-state index in [2.05, 4.69) is 41.9 Å². The average Bonchev–Trinajstić information content (AvgIpc) is 2.75. The monoisotopic (exact) mass is 357 g/mol. The van der Waals surface area contributed by atoms with E-state index in [0.717, 1.165) is 24.6 Å². The molecule has 0 saturated carbocycles. The lowest BCUT2D eigenvalue weighted by molar-refractivity contribution is 0.959. The molecule has 0 N–H and O–H groups in total. The van der Waals surface area contributed by atoms with E-state index in [9.17, 15) is 0 Å². The minimum absolute atomic E-state index is 0.845. The van der Waals surface area contributed by atoms with Crippen LogP contribution in [0, 0.1) is 0 Å². The molecule has 3 rings (SSSR count). The van der Waals surface area contributed by atoms with Gasteiger partial charge in [-0.25, -0.2) is 9.50 Å². The van der Waals surface area contributed by atoms with E-state index in [1.165, 1.54) is 11.3 Å². The van der Waals surface area contributed by atoms with Gasteiger partial charge in [0, 0.05) is 10.0 Å². The Morgan fingerprint density at radius 2 is 1.88 bits per heavy atom. The first-order chi connectivity index (χ1) is 7.72. The molecule has 0 aliphatic rings. The topological polar surface area (TPSA) is 30.2 Å².